The van der Waals surface area contributed by atoms with E-state index in [4.69, 9.17) is 9.94 Å². The average molecular weight is 445 g/mol. The number of halogens is 1. The van der Waals surface area contributed by atoms with Gasteiger partial charge in [-0.05, 0) is 43.5 Å². The smallest absolute Gasteiger partial charge is 0.293 e. The molecule has 4 N–H and O–H groups in total. The Hall–Kier alpha value is -3.01. The molecule has 1 aliphatic rings. The van der Waals surface area contributed by atoms with Crippen LogP contribution in [-0.2, 0) is 4.84 Å². The van der Waals surface area contributed by atoms with Crippen LogP contribution in [0.2, 0.25) is 0 Å². The SMILES string of the molecule is CC.Cc1ccc(Nc2c(C(=O)NOCC(O)CO)n(C3CC3)c3ccncc23)c(F)c1. The third-order valence-electron chi connectivity index (χ3n) is 4.97. The summed E-state index contributed by atoms with van der Waals surface area (Å²) in [6.45, 7) is 5.05. The van der Waals surface area contributed by atoms with E-state index in [0.29, 0.717) is 16.8 Å². The van der Waals surface area contributed by atoms with Gasteiger partial charge in [0.1, 0.15) is 24.2 Å². The zero-order valence-corrected chi connectivity index (χ0v) is 18.4. The first-order chi connectivity index (χ1) is 15.5. The molecule has 1 amide bonds. The number of aryl methyl sites for hydroxylation is 1. The molecule has 8 nitrogen and oxygen atoms in total. The van der Waals surface area contributed by atoms with Crippen molar-refractivity contribution in [3.63, 3.8) is 0 Å². The standard InChI is InChI=1S/C21H23FN4O4.C2H6/c1-12-2-5-17(16(22)8-12)24-19-15-9-23-7-6-18(15)26(13-3-4-13)20(19)21(29)25-30-11-14(28)10-27;1-2/h2,5-9,13-14,24,27-28H,3-4,10-11H2,1H3,(H,25,29);1-2H3. The first-order valence-electron chi connectivity index (χ1n) is 10.7. The highest BCUT2D eigenvalue weighted by Gasteiger charge is 2.33. The highest BCUT2D eigenvalue weighted by Crippen LogP contribution is 2.43. The van der Waals surface area contributed by atoms with Gasteiger partial charge in [-0.3, -0.25) is 14.6 Å². The van der Waals surface area contributed by atoms with Crippen molar-refractivity contribution >= 4 is 28.2 Å². The summed E-state index contributed by atoms with van der Waals surface area (Å²) < 4.78 is 16.4. The van der Waals surface area contributed by atoms with Gasteiger partial charge in [0.05, 0.1) is 23.5 Å². The van der Waals surface area contributed by atoms with Crippen molar-refractivity contribution in [1.29, 1.82) is 0 Å². The Labute approximate surface area is 186 Å². The van der Waals surface area contributed by atoms with Gasteiger partial charge in [0.15, 0.2) is 0 Å². The number of nitrogens with one attached hydrogen (secondary N) is 2. The number of aliphatic hydroxyl groups is 2. The van der Waals surface area contributed by atoms with E-state index in [9.17, 15) is 14.3 Å². The van der Waals surface area contributed by atoms with Gasteiger partial charge in [-0.15, -0.1) is 0 Å². The van der Waals surface area contributed by atoms with E-state index >= 15 is 0 Å². The van der Waals surface area contributed by atoms with E-state index < -0.39 is 24.4 Å². The fourth-order valence-electron chi connectivity index (χ4n) is 3.38. The molecule has 0 bridgehead atoms. The minimum atomic E-state index is -1.11. The Bertz CT molecular complexity index is 1080. The number of benzene rings is 1. The molecule has 1 unspecified atom stereocenters. The van der Waals surface area contributed by atoms with Crippen LogP contribution in [-0.4, -0.2) is 45.0 Å². The van der Waals surface area contributed by atoms with Gasteiger partial charge in [0.2, 0.25) is 0 Å². The summed E-state index contributed by atoms with van der Waals surface area (Å²) >= 11 is 0. The third-order valence-corrected chi connectivity index (χ3v) is 4.97. The van der Waals surface area contributed by atoms with Gasteiger partial charge in [0.25, 0.3) is 5.91 Å². The molecule has 1 aliphatic carbocycles. The molecule has 1 atom stereocenters. The number of hydroxylamine groups is 1. The monoisotopic (exact) mass is 444 g/mol. The lowest BCUT2D eigenvalue weighted by Crippen LogP contribution is -2.31. The number of amides is 1. The number of aliphatic hydroxyl groups excluding tert-OH is 2. The Kier molecular flexibility index (Phi) is 7.79. The summed E-state index contributed by atoms with van der Waals surface area (Å²) in [5.74, 6) is -0.974. The molecule has 32 heavy (non-hydrogen) atoms. The number of carbonyl (C=O) groups excluding carboxylic acids is 1. The second kappa shape index (κ2) is 10.5. The predicted molar refractivity (Wildman–Crippen MR) is 120 cm³/mol. The highest BCUT2D eigenvalue weighted by molar-refractivity contribution is 6.09. The maximum Gasteiger partial charge on any atom is 0.293 e. The van der Waals surface area contributed by atoms with Crippen LogP contribution >= 0.6 is 0 Å². The van der Waals surface area contributed by atoms with Crippen molar-refractivity contribution in [1.82, 2.24) is 15.0 Å². The molecule has 1 aromatic carbocycles. The van der Waals surface area contributed by atoms with E-state index in [-0.39, 0.29) is 18.3 Å². The molecule has 1 saturated carbocycles. The normalized spacial score (nSPS) is 13.9. The largest absolute Gasteiger partial charge is 0.394 e. The Balaban J connectivity index is 0.00000141. The lowest BCUT2D eigenvalue weighted by molar-refractivity contribution is -0.0297. The Morgan fingerprint density at radius 2 is 2.09 bits per heavy atom. The predicted octanol–water partition coefficient (Wildman–Crippen LogP) is 3.60. The summed E-state index contributed by atoms with van der Waals surface area (Å²) in [4.78, 5) is 22.3. The number of nitrogens with zero attached hydrogens (tertiary/aromatic N) is 2. The summed E-state index contributed by atoms with van der Waals surface area (Å²) in [6, 6.07) is 6.79. The van der Waals surface area contributed by atoms with E-state index in [0.717, 1.165) is 23.9 Å². The van der Waals surface area contributed by atoms with Crippen molar-refractivity contribution in [2.45, 2.75) is 45.8 Å². The van der Waals surface area contributed by atoms with Crippen LogP contribution in [0.3, 0.4) is 0 Å². The maximum absolute atomic E-state index is 14.5. The minimum absolute atomic E-state index is 0.150. The Morgan fingerprint density at radius 3 is 2.75 bits per heavy atom. The molecule has 0 radical (unpaired) electrons. The number of fused-ring (bicyclic) bond motifs is 1. The Morgan fingerprint density at radius 1 is 1.34 bits per heavy atom. The second-order valence-corrected chi connectivity index (χ2v) is 7.40. The molecule has 4 rings (SSSR count). The third kappa shape index (κ3) is 5.07. The van der Waals surface area contributed by atoms with Gasteiger partial charge in [-0.25, -0.2) is 9.87 Å². The van der Waals surface area contributed by atoms with Crippen molar-refractivity contribution < 1.29 is 24.2 Å². The fraction of sp³-hybridized carbons (Fsp3) is 0.391. The lowest BCUT2D eigenvalue weighted by atomic mass is 10.2. The molecule has 2 heterocycles. The number of aromatic nitrogens is 2. The number of hydrogen-bond donors (Lipinski definition) is 4. The van der Waals surface area contributed by atoms with Crippen molar-refractivity contribution in [2.24, 2.45) is 0 Å². The van der Waals surface area contributed by atoms with Crippen molar-refractivity contribution in [3.8, 4) is 0 Å². The van der Waals surface area contributed by atoms with Gasteiger partial charge >= 0.3 is 0 Å². The second-order valence-electron chi connectivity index (χ2n) is 7.40. The number of hydrogen-bond acceptors (Lipinski definition) is 6. The van der Waals surface area contributed by atoms with Gasteiger partial charge in [0, 0.05) is 23.8 Å². The first kappa shape index (κ1) is 23.6. The van der Waals surface area contributed by atoms with E-state index in [2.05, 4.69) is 15.8 Å². The zero-order chi connectivity index (χ0) is 23.3. The number of rotatable bonds is 8. The van der Waals surface area contributed by atoms with Gasteiger partial charge in [-0.2, -0.15) is 0 Å². The zero-order valence-electron chi connectivity index (χ0n) is 18.4. The topological polar surface area (TPSA) is 109 Å². The summed E-state index contributed by atoms with van der Waals surface area (Å²) in [5, 5.41) is 22.1. The van der Waals surface area contributed by atoms with Gasteiger partial charge in [-0.1, -0.05) is 19.9 Å². The van der Waals surface area contributed by atoms with Crippen molar-refractivity contribution in [2.75, 3.05) is 18.5 Å². The fourth-order valence-corrected chi connectivity index (χ4v) is 3.38. The first-order valence-corrected chi connectivity index (χ1v) is 10.7. The molecule has 0 saturated heterocycles. The molecule has 0 aliphatic heterocycles. The summed E-state index contributed by atoms with van der Waals surface area (Å²) in [7, 11) is 0. The minimum Gasteiger partial charge on any atom is -0.394 e. The molecule has 0 spiro atoms. The summed E-state index contributed by atoms with van der Waals surface area (Å²) in [6.07, 6.45) is 4.02. The maximum atomic E-state index is 14.5. The molecule has 172 valence electrons. The van der Waals surface area contributed by atoms with E-state index in [1.54, 1.807) is 31.5 Å². The number of anilines is 2. The molecular formula is C23H29FN4O4. The van der Waals surface area contributed by atoms with E-state index in [1.807, 2.05) is 24.5 Å². The number of carbonyl (C=O) groups is 1. The molecule has 9 heteroatoms. The lowest BCUT2D eigenvalue weighted by Gasteiger charge is -2.14. The summed E-state index contributed by atoms with van der Waals surface area (Å²) in [5.41, 5.74) is 4.87. The number of pyridine rings is 1. The molecule has 1 fully saturated rings. The molecule has 2 aromatic heterocycles. The van der Waals surface area contributed by atoms with Crippen LogP contribution in [0.1, 0.15) is 48.8 Å². The van der Waals surface area contributed by atoms with Crippen LogP contribution < -0.4 is 10.8 Å². The van der Waals surface area contributed by atoms with Crippen molar-refractivity contribution in [3.05, 3.63) is 53.7 Å². The van der Waals surface area contributed by atoms with Crippen LogP contribution in [0.15, 0.2) is 36.7 Å². The average Bonchev–Trinajstić information content (AvgIpc) is 3.59. The molecular weight excluding hydrogens is 415 g/mol. The highest BCUT2D eigenvalue weighted by atomic mass is 19.1. The van der Waals surface area contributed by atoms with Crippen LogP contribution in [0.5, 0.6) is 0 Å². The van der Waals surface area contributed by atoms with Crippen LogP contribution in [0, 0.1) is 12.7 Å². The van der Waals surface area contributed by atoms with E-state index in [1.165, 1.54) is 6.07 Å². The quantitative estimate of drug-likeness (QED) is 0.395. The van der Waals surface area contributed by atoms with Crippen LogP contribution in [0.25, 0.3) is 10.9 Å². The molecule has 3 aromatic rings. The van der Waals surface area contributed by atoms with Gasteiger partial charge < -0.3 is 20.1 Å². The van der Waals surface area contributed by atoms with Crippen LogP contribution in [0.4, 0.5) is 15.8 Å².